The zero-order valence-corrected chi connectivity index (χ0v) is 38.4. The van der Waals surface area contributed by atoms with Gasteiger partial charge < -0.3 is 49.6 Å². The van der Waals surface area contributed by atoms with Crippen molar-refractivity contribution < 1.29 is 69.0 Å². The fourth-order valence-corrected chi connectivity index (χ4v) is 7.80. The van der Waals surface area contributed by atoms with Gasteiger partial charge in [-0.3, -0.25) is 19.2 Å². The third-order valence-electron chi connectivity index (χ3n) is 11.3. The lowest BCUT2D eigenvalue weighted by molar-refractivity contribution is -0.193. The molecule has 3 amide bonds. The van der Waals surface area contributed by atoms with E-state index in [0.717, 1.165) is 5.39 Å². The molecule has 0 saturated carbocycles. The number of aryl methyl sites for hydroxylation is 1. The number of aromatic amines is 2. The molecule has 1 fully saturated rings. The summed E-state index contributed by atoms with van der Waals surface area (Å²) >= 11 is 6.53. The number of hydrogen-bond acceptors (Lipinski definition) is 11. The highest BCUT2D eigenvalue weighted by atomic mass is 35.5. The second-order valence-electron chi connectivity index (χ2n) is 16.1. The van der Waals surface area contributed by atoms with E-state index < -0.39 is 41.9 Å². The van der Waals surface area contributed by atoms with Crippen molar-refractivity contribution in [3.05, 3.63) is 82.9 Å². The molecule has 6 aromatic rings. The maximum absolute atomic E-state index is 14.3. The summed E-state index contributed by atoms with van der Waals surface area (Å²) in [5, 5.41) is 4.78. The number of H-pyrrole nitrogens is 2. The number of ketones is 2. The standard InChI is InChI=1S/C38H36ClN7O7.C4F6O2.C4H10/c1-19-30(37(49)51-3)32-31-22(17-39)18-46(26(31)16-28(34(32)41-19)53-38(50)45-11-9-44(2)10-12-45)36(48)29-15-21-13-23(7-8-27(21)52-29)42-35(47)25-14-20-5-4-6-24(40)33(20)43-25;5-3(6,7)1(11)2(12)4(8,9)10;1-3-4-2/h4-8,13-16,22,41,43H,9-12,17-18,40H2,1-3H3,(H,42,47);;3-4H2,1-2H3/t22-;;/m1../s1. The van der Waals surface area contributed by atoms with Gasteiger partial charge in [0.2, 0.25) is 0 Å². The maximum atomic E-state index is 14.3. The van der Waals surface area contributed by atoms with Gasteiger partial charge in [-0.25, -0.2) is 9.59 Å². The zero-order valence-electron chi connectivity index (χ0n) is 37.7. The van der Waals surface area contributed by atoms with Crippen LogP contribution in [-0.4, -0.2) is 120 Å². The molecule has 2 aliphatic heterocycles. The van der Waals surface area contributed by atoms with Gasteiger partial charge in [0, 0.05) is 78.1 Å². The number of anilines is 3. The number of likely N-dealkylation sites (N-methyl/N-ethyl adjacent to an activating group) is 1. The van der Waals surface area contributed by atoms with Crippen molar-refractivity contribution in [2.75, 3.05) is 68.7 Å². The highest BCUT2D eigenvalue weighted by Gasteiger charge is 2.54. The predicted octanol–water partition coefficient (Wildman–Crippen LogP) is 9.11. The molecule has 0 aliphatic carbocycles. The van der Waals surface area contributed by atoms with Gasteiger partial charge in [-0.2, -0.15) is 26.3 Å². The summed E-state index contributed by atoms with van der Waals surface area (Å²) in [5.41, 5.74) is 10.9. The van der Waals surface area contributed by atoms with Gasteiger partial charge in [0.25, 0.3) is 11.8 Å². The van der Waals surface area contributed by atoms with Gasteiger partial charge in [-0.05, 0) is 55.9 Å². The molecule has 0 bridgehead atoms. The van der Waals surface area contributed by atoms with Crippen LogP contribution >= 0.6 is 11.6 Å². The van der Waals surface area contributed by atoms with Gasteiger partial charge in [-0.15, -0.1) is 11.6 Å². The number of unbranched alkanes of at least 4 members (excludes halogenated alkanes) is 1. The first-order valence-electron chi connectivity index (χ1n) is 21.3. The Morgan fingerprint density at radius 1 is 0.870 bits per heavy atom. The summed E-state index contributed by atoms with van der Waals surface area (Å²) in [6, 6.07) is 15.5. The number of methoxy groups -OCH3 is 1. The molecule has 3 aromatic carbocycles. The second kappa shape index (κ2) is 20.7. The molecule has 5 heterocycles. The van der Waals surface area contributed by atoms with Gasteiger partial charge in [-0.1, -0.05) is 38.8 Å². The molecule has 368 valence electrons. The largest absolute Gasteiger partial charge is 0.465 e. The number of ether oxygens (including phenoxy) is 2. The number of rotatable bonds is 8. The highest BCUT2D eigenvalue weighted by Crippen LogP contribution is 2.48. The summed E-state index contributed by atoms with van der Waals surface area (Å²) in [6.45, 7) is 8.67. The van der Waals surface area contributed by atoms with E-state index in [1.807, 2.05) is 19.2 Å². The number of amides is 3. The van der Waals surface area contributed by atoms with Gasteiger partial charge in [0.15, 0.2) is 11.5 Å². The van der Waals surface area contributed by atoms with E-state index in [9.17, 15) is 55.1 Å². The van der Waals surface area contributed by atoms with Crippen LogP contribution in [0.15, 0.2) is 59.0 Å². The monoisotopic (exact) mass is 989 g/mol. The topological polar surface area (TPSA) is 213 Å². The minimum Gasteiger partial charge on any atom is -0.465 e. The first kappa shape index (κ1) is 51.3. The number of piperazine rings is 1. The number of hydrogen-bond donors (Lipinski definition) is 4. The number of carbonyl (C=O) groups is 6. The number of esters is 1. The van der Waals surface area contributed by atoms with Gasteiger partial charge >= 0.3 is 36.0 Å². The third-order valence-corrected chi connectivity index (χ3v) is 11.6. The Balaban J connectivity index is 0.000000422. The van der Waals surface area contributed by atoms with E-state index in [4.69, 9.17) is 31.2 Å². The van der Waals surface area contributed by atoms with Crippen molar-refractivity contribution in [2.24, 2.45) is 0 Å². The number of benzene rings is 3. The minimum absolute atomic E-state index is 0.0465. The van der Waals surface area contributed by atoms with Crippen molar-refractivity contribution >= 4 is 96.9 Å². The number of alkyl halides is 7. The number of nitrogens with one attached hydrogen (secondary N) is 3. The summed E-state index contributed by atoms with van der Waals surface area (Å²) in [7, 11) is 3.29. The molecule has 0 spiro atoms. The van der Waals surface area contributed by atoms with Crippen molar-refractivity contribution in [1.82, 2.24) is 19.8 Å². The lowest BCUT2D eigenvalue weighted by Crippen LogP contribution is -2.48. The first-order chi connectivity index (χ1) is 32.5. The Morgan fingerprint density at radius 2 is 1.52 bits per heavy atom. The lowest BCUT2D eigenvalue weighted by Gasteiger charge is -2.31. The van der Waals surface area contributed by atoms with E-state index in [1.54, 1.807) is 54.3 Å². The Morgan fingerprint density at radius 3 is 2.10 bits per heavy atom. The number of nitrogen functional groups attached to an aromatic ring is 1. The molecule has 1 atom stereocenters. The third kappa shape index (κ3) is 11.0. The number of nitrogens with two attached hydrogens (primary N) is 1. The number of fused-ring (bicyclic) bond motifs is 5. The second-order valence-corrected chi connectivity index (χ2v) is 16.4. The van der Waals surface area contributed by atoms with Crippen molar-refractivity contribution in [3.63, 3.8) is 0 Å². The van der Waals surface area contributed by atoms with E-state index in [1.165, 1.54) is 24.9 Å². The average molecular weight is 990 g/mol. The fourth-order valence-electron chi connectivity index (χ4n) is 7.55. The molecule has 1 saturated heterocycles. The molecular weight excluding hydrogens is 944 g/mol. The van der Waals surface area contributed by atoms with Crippen LogP contribution in [0.2, 0.25) is 0 Å². The number of aromatic nitrogens is 2. The lowest BCUT2D eigenvalue weighted by atomic mass is 9.95. The molecule has 3 aromatic heterocycles. The van der Waals surface area contributed by atoms with Crippen LogP contribution in [0.3, 0.4) is 0 Å². The fraction of sp³-hybridized carbons (Fsp3) is 0.348. The Bertz CT molecular complexity index is 2930. The normalized spacial score (nSPS) is 15.0. The van der Waals surface area contributed by atoms with Gasteiger partial charge in [0.05, 0.1) is 35.1 Å². The number of halogens is 7. The van der Waals surface area contributed by atoms with Crippen LogP contribution < -0.4 is 20.7 Å². The zero-order chi connectivity index (χ0) is 50.7. The quantitative estimate of drug-likeness (QED) is 0.0371. The van der Waals surface area contributed by atoms with Crippen LogP contribution in [0.1, 0.15) is 75.3 Å². The van der Waals surface area contributed by atoms with Crippen molar-refractivity contribution in [1.29, 1.82) is 0 Å². The van der Waals surface area contributed by atoms with E-state index >= 15 is 0 Å². The number of Topliss-reactive ketones (excluding diaryl/α,β-unsaturated/α-hetero) is 2. The van der Waals surface area contributed by atoms with E-state index in [-0.39, 0.29) is 41.3 Å². The summed E-state index contributed by atoms with van der Waals surface area (Å²) in [5.74, 6) is -8.23. The molecule has 0 radical (unpaired) electrons. The van der Waals surface area contributed by atoms with Crippen LogP contribution in [0, 0.1) is 6.92 Å². The molecule has 69 heavy (non-hydrogen) atoms. The maximum Gasteiger partial charge on any atom is 0.458 e. The molecule has 23 heteroatoms. The number of carbonyl (C=O) groups excluding carboxylic acids is 6. The van der Waals surface area contributed by atoms with Crippen molar-refractivity contribution in [2.45, 2.75) is 51.9 Å². The molecule has 2 aliphatic rings. The van der Waals surface area contributed by atoms with Crippen LogP contribution in [-0.2, 0) is 14.3 Å². The predicted molar refractivity (Wildman–Crippen MR) is 244 cm³/mol. The molecule has 5 N–H and O–H groups in total. The average Bonchev–Trinajstić information content (AvgIpc) is 4.11. The minimum atomic E-state index is -5.77. The van der Waals surface area contributed by atoms with Crippen LogP contribution in [0.25, 0.3) is 32.8 Å². The molecular formula is C46H46ClF6N7O9. The molecule has 16 nitrogen and oxygen atoms in total. The number of para-hydroxylation sites is 1. The summed E-state index contributed by atoms with van der Waals surface area (Å²) < 4.78 is 84.2. The highest BCUT2D eigenvalue weighted by molar-refractivity contribution is 6.41. The Hall–Kier alpha value is -7.07. The summed E-state index contributed by atoms with van der Waals surface area (Å²) in [4.78, 5) is 84.8. The smallest absolute Gasteiger partial charge is 0.458 e. The van der Waals surface area contributed by atoms with E-state index in [2.05, 4.69) is 34.0 Å². The number of nitrogens with zero attached hydrogens (tertiary/aromatic N) is 3. The van der Waals surface area contributed by atoms with Crippen LogP contribution in [0.4, 0.5) is 48.2 Å². The Labute approximate surface area is 393 Å². The Kier molecular flexibility index (Phi) is 15.4. The van der Waals surface area contributed by atoms with Crippen LogP contribution in [0.5, 0.6) is 5.75 Å². The van der Waals surface area contributed by atoms with Crippen molar-refractivity contribution in [3.8, 4) is 5.75 Å². The first-order valence-corrected chi connectivity index (χ1v) is 21.8. The number of furan rings is 1. The van der Waals surface area contributed by atoms with Gasteiger partial charge in [0.1, 0.15) is 11.3 Å². The van der Waals surface area contributed by atoms with E-state index in [0.29, 0.717) is 87.6 Å². The summed E-state index contributed by atoms with van der Waals surface area (Å²) in [6.07, 6.45) is -9.44. The SMILES string of the molecule is CCCC.COC(=O)c1c(C)[nH]c2c(OC(=O)N3CCN(C)CC3)cc3c(c12)[C@H](CCl)CN3C(=O)c1cc2cc(NC(=O)c3cc4cccc(N)c4[nH]3)ccc2o1.O=C(C(=O)C(F)(F)F)C(F)(F)F. The molecule has 0 unspecified atom stereocenters. The molecule has 8 rings (SSSR count).